The zero-order valence-corrected chi connectivity index (χ0v) is 18.8. The van der Waals surface area contributed by atoms with Gasteiger partial charge in [-0.2, -0.15) is 0 Å². The Hall–Kier alpha value is -1.89. The Bertz CT molecular complexity index is 876. The van der Waals surface area contributed by atoms with Crippen LogP contribution in [-0.4, -0.2) is 35.0 Å². The van der Waals surface area contributed by atoms with Gasteiger partial charge >= 0.3 is 5.97 Å². The molecule has 162 valence electrons. The van der Waals surface area contributed by atoms with Gasteiger partial charge in [0, 0.05) is 11.1 Å². The number of pyridine rings is 1. The summed E-state index contributed by atoms with van der Waals surface area (Å²) in [6.07, 6.45) is 6.72. The first-order valence-electron chi connectivity index (χ1n) is 10.8. The molecule has 30 heavy (non-hydrogen) atoms. The van der Waals surface area contributed by atoms with Gasteiger partial charge < -0.3 is 10.5 Å². The van der Waals surface area contributed by atoms with Crippen molar-refractivity contribution in [2.24, 2.45) is 28.9 Å². The topological polar surface area (TPSA) is 99.3 Å². The van der Waals surface area contributed by atoms with Crippen molar-refractivity contribution in [2.75, 3.05) is 12.4 Å². The fourth-order valence-electron chi connectivity index (χ4n) is 6.23. The zero-order valence-electron chi connectivity index (χ0n) is 18.0. The van der Waals surface area contributed by atoms with E-state index in [-0.39, 0.29) is 23.6 Å². The van der Waals surface area contributed by atoms with E-state index in [0.29, 0.717) is 28.3 Å². The second-order valence-electron chi connectivity index (χ2n) is 9.56. The van der Waals surface area contributed by atoms with Gasteiger partial charge in [0.1, 0.15) is 5.03 Å². The summed E-state index contributed by atoms with van der Waals surface area (Å²) in [5, 5.41) is 0.437. The van der Waals surface area contributed by atoms with Gasteiger partial charge in [-0.25, -0.2) is 4.98 Å². The lowest BCUT2D eigenvalue weighted by atomic mass is 9.48. The number of hydrogen-bond acceptors (Lipinski definition) is 6. The van der Waals surface area contributed by atoms with Crippen molar-refractivity contribution in [1.82, 2.24) is 4.98 Å². The average molecular weight is 431 g/mol. The third-order valence-corrected chi connectivity index (χ3v) is 8.48. The predicted molar refractivity (Wildman–Crippen MR) is 114 cm³/mol. The van der Waals surface area contributed by atoms with E-state index in [9.17, 15) is 14.4 Å². The van der Waals surface area contributed by atoms with Gasteiger partial charge in [0.2, 0.25) is 0 Å². The number of carbonyl (C=O) groups excluding carboxylic acids is 3. The number of hydrogen-bond donors (Lipinski definition) is 1. The van der Waals surface area contributed by atoms with E-state index in [4.69, 9.17) is 10.5 Å². The number of esters is 1. The zero-order chi connectivity index (χ0) is 21.6. The average Bonchev–Trinajstić information content (AvgIpc) is 2.67. The Balaban J connectivity index is 1.35. The number of thioether (sulfide) groups is 1. The van der Waals surface area contributed by atoms with Crippen LogP contribution in [0.1, 0.15) is 65.7 Å². The highest BCUT2D eigenvalue weighted by molar-refractivity contribution is 8.00. The molecule has 1 aromatic heterocycles. The normalized spacial score (nSPS) is 29.1. The van der Waals surface area contributed by atoms with Crippen LogP contribution in [0.15, 0.2) is 5.03 Å². The molecule has 0 radical (unpaired) electrons. The summed E-state index contributed by atoms with van der Waals surface area (Å²) in [5.41, 5.74) is 8.11. The molecular formula is C23H30N2O4S. The summed E-state index contributed by atoms with van der Waals surface area (Å²) in [7, 11) is 0. The number of rotatable bonds is 7. The first-order valence-corrected chi connectivity index (χ1v) is 11.8. The molecule has 4 fully saturated rings. The molecule has 4 aliphatic rings. The molecule has 4 aliphatic carbocycles. The van der Waals surface area contributed by atoms with E-state index in [1.165, 1.54) is 19.3 Å². The van der Waals surface area contributed by atoms with Crippen LogP contribution >= 0.6 is 11.8 Å². The number of primary amides is 1. The monoisotopic (exact) mass is 430 g/mol. The van der Waals surface area contributed by atoms with Gasteiger partial charge in [0.05, 0.1) is 11.3 Å². The van der Waals surface area contributed by atoms with Crippen LogP contribution in [-0.2, 0) is 14.3 Å². The molecule has 1 amide bonds. The van der Waals surface area contributed by atoms with Crippen LogP contribution in [0.5, 0.6) is 0 Å². The quantitative estimate of drug-likeness (QED) is 0.525. The standard InChI is InChI=1S/C23H30N2O4S/c1-12-13(2)20(21(24)28)22(25-14(12)3)30-11-19(27)29-10-18(26)23-7-15-4-16(8-23)6-17(5-15)9-23/h15-17H,4-11H2,1-3H3,(H2,24,28). The van der Waals surface area contributed by atoms with Crippen LogP contribution < -0.4 is 5.73 Å². The number of nitrogens with two attached hydrogens (primary N) is 1. The number of aryl methyl sites for hydroxylation is 1. The summed E-state index contributed by atoms with van der Waals surface area (Å²) in [5.74, 6) is 1.09. The van der Waals surface area contributed by atoms with Crippen molar-refractivity contribution in [3.63, 3.8) is 0 Å². The van der Waals surface area contributed by atoms with Gasteiger partial charge in [0.15, 0.2) is 12.4 Å². The van der Waals surface area contributed by atoms with Crippen molar-refractivity contribution in [1.29, 1.82) is 0 Å². The molecule has 5 rings (SSSR count). The number of ether oxygens (including phenoxy) is 1. The molecule has 2 N–H and O–H groups in total. The van der Waals surface area contributed by atoms with Crippen LogP contribution in [0.25, 0.3) is 0 Å². The van der Waals surface area contributed by atoms with Crippen molar-refractivity contribution >= 4 is 29.4 Å². The molecule has 0 aliphatic heterocycles. The first kappa shape index (κ1) is 21.3. The Morgan fingerprint density at radius 3 is 2.13 bits per heavy atom. The van der Waals surface area contributed by atoms with Gasteiger partial charge in [-0.1, -0.05) is 11.8 Å². The number of aromatic nitrogens is 1. The third kappa shape index (κ3) is 3.88. The molecule has 7 heteroatoms. The summed E-state index contributed by atoms with van der Waals surface area (Å²) < 4.78 is 5.35. The van der Waals surface area contributed by atoms with E-state index in [1.54, 1.807) is 0 Å². The van der Waals surface area contributed by atoms with Gasteiger partial charge in [-0.05, 0) is 88.2 Å². The molecule has 4 saturated carbocycles. The number of amides is 1. The Morgan fingerprint density at radius 1 is 1.03 bits per heavy atom. The minimum atomic E-state index is -0.559. The van der Waals surface area contributed by atoms with E-state index >= 15 is 0 Å². The Kier molecular flexibility index (Phi) is 5.68. The molecule has 1 heterocycles. The second-order valence-corrected chi connectivity index (χ2v) is 10.5. The van der Waals surface area contributed by atoms with Crippen molar-refractivity contribution in [2.45, 2.75) is 64.3 Å². The second kappa shape index (κ2) is 7.98. The van der Waals surface area contributed by atoms with Gasteiger partial charge in [0.25, 0.3) is 5.91 Å². The molecule has 0 saturated heterocycles. The predicted octanol–water partition coefficient (Wildman–Crippen LogP) is 3.53. The van der Waals surface area contributed by atoms with E-state index in [1.807, 2.05) is 20.8 Å². The molecule has 1 aromatic rings. The number of carbonyl (C=O) groups is 3. The van der Waals surface area contributed by atoms with Crippen molar-refractivity contribution in [3.05, 3.63) is 22.4 Å². The van der Waals surface area contributed by atoms with Crippen LogP contribution in [0, 0.1) is 43.9 Å². The van der Waals surface area contributed by atoms with E-state index in [0.717, 1.165) is 47.8 Å². The highest BCUT2D eigenvalue weighted by atomic mass is 32.2. The first-order chi connectivity index (χ1) is 14.2. The van der Waals surface area contributed by atoms with Gasteiger partial charge in [-0.3, -0.25) is 14.4 Å². The van der Waals surface area contributed by atoms with E-state index < -0.39 is 11.9 Å². The van der Waals surface area contributed by atoms with Crippen molar-refractivity contribution in [3.8, 4) is 0 Å². The van der Waals surface area contributed by atoms with E-state index in [2.05, 4.69) is 4.98 Å². The molecule has 0 unspecified atom stereocenters. The maximum Gasteiger partial charge on any atom is 0.316 e. The molecular weight excluding hydrogens is 400 g/mol. The summed E-state index contributed by atoms with van der Waals surface area (Å²) in [6, 6.07) is 0. The molecule has 0 spiro atoms. The van der Waals surface area contributed by atoms with Gasteiger partial charge in [-0.15, -0.1) is 0 Å². The largest absolute Gasteiger partial charge is 0.457 e. The summed E-state index contributed by atoms with van der Waals surface area (Å²) >= 11 is 1.13. The number of nitrogens with zero attached hydrogens (tertiary/aromatic N) is 1. The summed E-state index contributed by atoms with van der Waals surface area (Å²) in [6.45, 7) is 5.44. The minimum absolute atomic E-state index is 0.0105. The van der Waals surface area contributed by atoms with Crippen molar-refractivity contribution < 1.29 is 19.1 Å². The Labute approximate surface area is 181 Å². The number of Topliss-reactive ketones (excluding diaryl/α,β-unsaturated/α-hetero) is 1. The lowest BCUT2D eigenvalue weighted by Gasteiger charge is -2.55. The molecule has 0 aromatic carbocycles. The fourth-order valence-corrected chi connectivity index (χ4v) is 7.16. The molecule has 6 nitrogen and oxygen atoms in total. The maximum absolute atomic E-state index is 13.0. The number of ketones is 1. The molecule has 4 bridgehead atoms. The minimum Gasteiger partial charge on any atom is -0.457 e. The van der Waals surface area contributed by atoms with Crippen LogP contribution in [0.3, 0.4) is 0 Å². The van der Waals surface area contributed by atoms with Crippen LogP contribution in [0.4, 0.5) is 0 Å². The SMILES string of the molecule is Cc1nc(SCC(=O)OCC(=O)C23CC4CC(CC(C4)C2)C3)c(C(N)=O)c(C)c1C. The fraction of sp³-hybridized carbons (Fsp3) is 0.652. The third-order valence-electron chi connectivity index (χ3n) is 7.53. The lowest BCUT2D eigenvalue weighted by molar-refractivity contribution is -0.156. The maximum atomic E-state index is 13.0. The smallest absolute Gasteiger partial charge is 0.316 e. The summed E-state index contributed by atoms with van der Waals surface area (Å²) in [4.78, 5) is 41.6. The Morgan fingerprint density at radius 2 is 1.60 bits per heavy atom. The lowest BCUT2D eigenvalue weighted by Crippen LogP contribution is -2.51. The van der Waals surface area contributed by atoms with Crippen LogP contribution in [0.2, 0.25) is 0 Å². The molecule has 0 atom stereocenters. The highest BCUT2D eigenvalue weighted by Crippen LogP contribution is 2.60. The highest BCUT2D eigenvalue weighted by Gasteiger charge is 2.54.